The number of carbonyl (C=O) groups is 3. The highest BCUT2D eigenvalue weighted by molar-refractivity contribution is 6.05. The SMILES string of the molecule is O=C(C[C@@H]1NC(=O)N(Cc2ccccc2)C1=O)NC1CCN(Cc2ccccc2)CC1. The minimum atomic E-state index is -0.797. The van der Waals surface area contributed by atoms with Gasteiger partial charge in [0.15, 0.2) is 0 Å². The van der Waals surface area contributed by atoms with Crippen molar-refractivity contribution in [2.24, 2.45) is 0 Å². The van der Waals surface area contributed by atoms with Crippen molar-refractivity contribution in [3.8, 4) is 0 Å². The molecule has 0 radical (unpaired) electrons. The van der Waals surface area contributed by atoms with E-state index in [1.807, 2.05) is 48.5 Å². The second-order valence-electron chi connectivity index (χ2n) is 8.22. The van der Waals surface area contributed by atoms with E-state index in [2.05, 4.69) is 27.7 Å². The summed E-state index contributed by atoms with van der Waals surface area (Å²) in [6, 6.07) is 18.6. The average molecular weight is 421 g/mol. The molecule has 0 bridgehead atoms. The van der Waals surface area contributed by atoms with Gasteiger partial charge in [0.05, 0.1) is 13.0 Å². The molecule has 1 atom stereocenters. The van der Waals surface area contributed by atoms with Gasteiger partial charge in [-0.3, -0.25) is 19.4 Å². The van der Waals surface area contributed by atoms with E-state index in [0.29, 0.717) is 0 Å². The van der Waals surface area contributed by atoms with Gasteiger partial charge in [-0.05, 0) is 24.0 Å². The molecular formula is C24H28N4O3. The topological polar surface area (TPSA) is 81.8 Å². The monoisotopic (exact) mass is 420 g/mol. The van der Waals surface area contributed by atoms with Crippen LogP contribution in [0.4, 0.5) is 4.79 Å². The minimum Gasteiger partial charge on any atom is -0.353 e. The molecule has 4 rings (SSSR count). The maximum Gasteiger partial charge on any atom is 0.325 e. The van der Waals surface area contributed by atoms with Gasteiger partial charge >= 0.3 is 6.03 Å². The molecule has 0 unspecified atom stereocenters. The Morgan fingerprint density at radius 1 is 0.903 bits per heavy atom. The standard InChI is InChI=1S/C24H28N4O3/c29-22(25-20-11-13-27(14-12-20)16-18-7-3-1-4-8-18)15-21-23(30)28(24(31)26-21)17-19-9-5-2-6-10-19/h1-10,20-21H,11-17H2,(H,25,29)(H,26,31)/t21-/m0/s1. The lowest BCUT2D eigenvalue weighted by molar-refractivity contribution is -0.131. The summed E-state index contributed by atoms with van der Waals surface area (Å²) in [5.41, 5.74) is 2.17. The molecule has 2 aliphatic rings. The number of likely N-dealkylation sites (tertiary alicyclic amines) is 1. The summed E-state index contributed by atoms with van der Waals surface area (Å²) in [4.78, 5) is 40.9. The van der Waals surface area contributed by atoms with E-state index in [4.69, 9.17) is 0 Å². The molecular weight excluding hydrogens is 392 g/mol. The summed E-state index contributed by atoms with van der Waals surface area (Å²) in [5.74, 6) is -0.539. The van der Waals surface area contributed by atoms with Crippen molar-refractivity contribution in [2.45, 2.75) is 44.4 Å². The van der Waals surface area contributed by atoms with Crippen LogP contribution in [0.25, 0.3) is 0 Å². The van der Waals surface area contributed by atoms with E-state index >= 15 is 0 Å². The van der Waals surface area contributed by atoms with Crippen LogP contribution in [0.5, 0.6) is 0 Å². The maximum absolute atomic E-state index is 12.6. The second-order valence-corrected chi connectivity index (χ2v) is 8.22. The van der Waals surface area contributed by atoms with Gasteiger partial charge in [-0.25, -0.2) is 4.79 Å². The predicted octanol–water partition coefficient (Wildman–Crippen LogP) is 2.28. The lowest BCUT2D eigenvalue weighted by Gasteiger charge is -2.32. The van der Waals surface area contributed by atoms with E-state index in [1.54, 1.807) is 0 Å². The maximum atomic E-state index is 12.6. The zero-order valence-electron chi connectivity index (χ0n) is 17.5. The summed E-state index contributed by atoms with van der Waals surface area (Å²) in [7, 11) is 0. The Hall–Kier alpha value is -3.19. The van der Waals surface area contributed by atoms with Crippen LogP contribution in [0.2, 0.25) is 0 Å². The van der Waals surface area contributed by atoms with E-state index in [0.717, 1.165) is 38.0 Å². The van der Waals surface area contributed by atoms with Gasteiger partial charge in [-0.2, -0.15) is 0 Å². The molecule has 2 aromatic carbocycles. The van der Waals surface area contributed by atoms with Gasteiger partial charge < -0.3 is 10.6 Å². The van der Waals surface area contributed by atoms with Crippen LogP contribution in [0.1, 0.15) is 30.4 Å². The first-order valence-corrected chi connectivity index (χ1v) is 10.8. The molecule has 31 heavy (non-hydrogen) atoms. The number of rotatable bonds is 7. The zero-order valence-corrected chi connectivity index (χ0v) is 17.5. The number of amides is 4. The fourth-order valence-electron chi connectivity index (χ4n) is 4.18. The Bertz CT molecular complexity index is 911. The molecule has 2 aromatic rings. The first kappa shape index (κ1) is 21.1. The molecule has 162 valence electrons. The third-order valence-electron chi connectivity index (χ3n) is 5.88. The molecule has 2 N–H and O–H groups in total. The van der Waals surface area contributed by atoms with Gasteiger partial charge in [0.2, 0.25) is 5.91 Å². The van der Waals surface area contributed by atoms with Crippen molar-refractivity contribution in [2.75, 3.05) is 13.1 Å². The third-order valence-corrected chi connectivity index (χ3v) is 5.88. The van der Waals surface area contributed by atoms with Crippen LogP contribution >= 0.6 is 0 Å². The molecule has 2 fully saturated rings. The minimum absolute atomic E-state index is 0.0277. The fourth-order valence-corrected chi connectivity index (χ4v) is 4.18. The molecule has 7 heteroatoms. The lowest BCUT2D eigenvalue weighted by Crippen LogP contribution is -2.46. The molecule has 0 saturated carbocycles. The molecule has 2 aliphatic heterocycles. The smallest absolute Gasteiger partial charge is 0.325 e. The molecule has 2 saturated heterocycles. The lowest BCUT2D eigenvalue weighted by atomic mass is 10.0. The van der Waals surface area contributed by atoms with Crippen molar-refractivity contribution in [1.82, 2.24) is 20.4 Å². The highest BCUT2D eigenvalue weighted by Crippen LogP contribution is 2.16. The quantitative estimate of drug-likeness (QED) is 0.674. The third kappa shape index (κ3) is 5.49. The van der Waals surface area contributed by atoms with E-state index < -0.39 is 12.1 Å². The Kier molecular flexibility index (Phi) is 6.62. The van der Waals surface area contributed by atoms with Crippen LogP contribution in [0.15, 0.2) is 60.7 Å². The largest absolute Gasteiger partial charge is 0.353 e. The first-order valence-electron chi connectivity index (χ1n) is 10.8. The molecule has 7 nitrogen and oxygen atoms in total. The number of carbonyl (C=O) groups excluding carboxylic acids is 3. The summed E-state index contributed by atoms with van der Waals surface area (Å²) in [6.07, 6.45) is 1.73. The number of benzene rings is 2. The Morgan fingerprint density at radius 3 is 2.10 bits per heavy atom. The number of piperidine rings is 1. The fraction of sp³-hybridized carbons (Fsp3) is 0.375. The van der Waals surface area contributed by atoms with Crippen LogP contribution in [-0.4, -0.2) is 52.8 Å². The zero-order chi connectivity index (χ0) is 21.6. The van der Waals surface area contributed by atoms with E-state index in [-0.39, 0.29) is 30.8 Å². The molecule has 2 heterocycles. The van der Waals surface area contributed by atoms with Crippen molar-refractivity contribution in [1.29, 1.82) is 0 Å². The highest BCUT2D eigenvalue weighted by atomic mass is 16.2. The Balaban J connectivity index is 1.22. The Labute approximate surface area is 182 Å². The predicted molar refractivity (Wildman–Crippen MR) is 117 cm³/mol. The van der Waals surface area contributed by atoms with Gasteiger partial charge in [0.1, 0.15) is 6.04 Å². The van der Waals surface area contributed by atoms with Gasteiger partial charge in [-0.15, -0.1) is 0 Å². The summed E-state index contributed by atoms with van der Waals surface area (Å²) < 4.78 is 0. The molecule has 4 amide bonds. The van der Waals surface area contributed by atoms with Gasteiger partial charge in [0, 0.05) is 25.7 Å². The van der Waals surface area contributed by atoms with Gasteiger partial charge in [-0.1, -0.05) is 60.7 Å². The van der Waals surface area contributed by atoms with Crippen molar-refractivity contribution < 1.29 is 14.4 Å². The average Bonchev–Trinajstić information content (AvgIpc) is 3.04. The first-order chi connectivity index (χ1) is 15.1. The number of nitrogens with one attached hydrogen (secondary N) is 2. The normalized spacial score (nSPS) is 20.0. The molecule has 0 aliphatic carbocycles. The van der Waals surface area contributed by atoms with Crippen LogP contribution in [0.3, 0.4) is 0 Å². The number of nitrogens with zero attached hydrogens (tertiary/aromatic N) is 2. The number of hydrogen-bond donors (Lipinski definition) is 2. The van der Waals surface area contributed by atoms with E-state index in [9.17, 15) is 14.4 Å². The summed E-state index contributed by atoms with van der Waals surface area (Å²) >= 11 is 0. The second kappa shape index (κ2) is 9.75. The Morgan fingerprint density at radius 2 is 1.48 bits per heavy atom. The number of imide groups is 1. The van der Waals surface area contributed by atoms with Crippen LogP contribution < -0.4 is 10.6 Å². The number of urea groups is 1. The molecule has 0 aromatic heterocycles. The van der Waals surface area contributed by atoms with E-state index in [1.165, 1.54) is 10.5 Å². The highest BCUT2D eigenvalue weighted by Gasteiger charge is 2.39. The van der Waals surface area contributed by atoms with Crippen molar-refractivity contribution >= 4 is 17.8 Å². The summed E-state index contributed by atoms with van der Waals surface area (Å²) in [5, 5.41) is 5.69. The van der Waals surface area contributed by atoms with Crippen molar-refractivity contribution in [3.05, 3.63) is 71.8 Å². The van der Waals surface area contributed by atoms with Crippen LogP contribution in [-0.2, 0) is 22.7 Å². The molecule has 0 spiro atoms. The number of hydrogen-bond acceptors (Lipinski definition) is 4. The van der Waals surface area contributed by atoms with Crippen LogP contribution in [0, 0.1) is 0 Å². The van der Waals surface area contributed by atoms with Gasteiger partial charge in [0.25, 0.3) is 5.91 Å². The summed E-state index contributed by atoms with van der Waals surface area (Å²) in [6.45, 7) is 2.97. The van der Waals surface area contributed by atoms with Crippen molar-refractivity contribution in [3.63, 3.8) is 0 Å².